The zero-order chi connectivity index (χ0) is 13.8. The van der Waals surface area contributed by atoms with Gasteiger partial charge in [-0.05, 0) is 12.5 Å². The summed E-state index contributed by atoms with van der Waals surface area (Å²) in [5.41, 5.74) is 6.70. The summed E-state index contributed by atoms with van der Waals surface area (Å²) in [6.45, 7) is 1.32. The third-order valence-electron chi connectivity index (χ3n) is 3.08. The Kier molecular flexibility index (Phi) is 3.71. The molecule has 3 N–H and O–H groups in total. The van der Waals surface area contributed by atoms with Crippen molar-refractivity contribution in [2.45, 2.75) is 12.5 Å². The fraction of sp³-hybridized carbons (Fsp3) is 0.417. The molecule has 1 aromatic rings. The summed E-state index contributed by atoms with van der Waals surface area (Å²) in [4.78, 5) is 17.3. The quantitative estimate of drug-likeness (QED) is 0.802. The third kappa shape index (κ3) is 2.68. The van der Waals surface area contributed by atoms with E-state index in [2.05, 4.69) is 15.0 Å². The van der Waals surface area contributed by atoms with Crippen molar-refractivity contribution in [1.29, 1.82) is 5.26 Å². The van der Waals surface area contributed by atoms with Gasteiger partial charge in [-0.1, -0.05) is 0 Å². The monoisotopic (exact) mass is 261 g/mol. The molecule has 0 spiro atoms. The maximum Gasteiger partial charge on any atom is 0.407 e. The molecule has 0 saturated carbocycles. The van der Waals surface area contributed by atoms with Crippen molar-refractivity contribution in [2.24, 2.45) is 0 Å². The number of nitrogens with zero attached hydrogens (tertiary/aromatic N) is 3. The van der Waals surface area contributed by atoms with Gasteiger partial charge in [0.05, 0.1) is 24.4 Å². The van der Waals surface area contributed by atoms with Crippen molar-refractivity contribution in [3.8, 4) is 6.07 Å². The molecule has 0 radical (unpaired) electrons. The van der Waals surface area contributed by atoms with E-state index in [-0.39, 0.29) is 6.04 Å². The fourth-order valence-corrected chi connectivity index (χ4v) is 2.11. The number of hydrogen-bond donors (Lipinski definition) is 2. The first-order valence-corrected chi connectivity index (χ1v) is 5.89. The first-order valence-electron chi connectivity index (χ1n) is 5.89. The molecule has 7 heteroatoms. The van der Waals surface area contributed by atoms with Crippen molar-refractivity contribution >= 4 is 17.6 Å². The van der Waals surface area contributed by atoms with E-state index < -0.39 is 6.09 Å². The third-order valence-corrected chi connectivity index (χ3v) is 3.08. The highest BCUT2D eigenvalue weighted by Gasteiger charge is 2.26. The molecule has 100 valence electrons. The Morgan fingerprint density at radius 1 is 1.74 bits per heavy atom. The van der Waals surface area contributed by atoms with Crippen LogP contribution in [0.5, 0.6) is 0 Å². The molecule has 0 bridgehead atoms. The highest BCUT2D eigenvalue weighted by Crippen LogP contribution is 2.26. The van der Waals surface area contributed by atoms with Crippen LogP contribution in [0.4, 0.5) is 16.3 Å². The van der Waals surface area contributed by atoms with Crippen LogP contribution in [0.25, 0.3) is 0 Å². The second kappa shape index (κ2) is 5.44. The van der Waals surface area contributed by atoms with Gasteiger partial charge in [0.25, 0.3) is 0 Å². The number of methoxy groups -OCH3 is 1. The van der Waals surface area contributed by atoms with Crippen LogP contribution in [0, 0.1) is 11.3 Å². The summed E-state index contributed by atoms with van der Waals surface area (Å²) in [5.74, 6) is 0.591. The molecule has 1 saturated heterocycles. The molecular weight excluding hydrogens is 246 g/mol. The number of hydrogen-bond acceptors (Lipinski definition) is 6. The van der Waals surface area contributed by atoms with Crippen LogP contribution >= 0.6 is 0 Å². The molecule has 19 heavy (non-hydrogen) atoms. The van der Waals surface area contributed by atoms with Crippen LogP contribution in [0.2, 0.25) is 0 Å². The molecule has 0 aliphatic carbocycles. The topological polar surface area (TPSA) is 104 Å². The van der Waals surface area contributed by atoms with E-state index >= 15 is 0 Å². The van der Waals surface area contributed by atoms with E-state index in [4.69, 9.17) is 11.0 Å². The molecule has 1 fully saturated rings. The van der Waals surface area contributed by atoms with Gasteiger partial charge in [0.15, 0.2) is 5.82 Å². The van der Waals surface area contributed by atoms with Gasteiger partial charge in [-0.2, -0.15) is 5.26 Å². The Morgan fingerprint density at radius 2 is 2.53 bits per heavy atom. The Morgan fingerprint density at radius 3 is 3.21 bits per heavy atom. The van der Waals surface area contributed by atoms with Gasteiger partial charge in [-0.15, -0.1) is 0 Å². The van der Waals surface area contributed by atoms with Crippen molar-refractivity contribution in [2.75, 3.05) is 30.8 Å². The van der Waals surface area contributed by atoms with Crippen LogP contribution in [0.15, 0.2) is 12.3 Å². The Bertz CT molecular complexity index is 525. The number of amides is 1. The number of anilines is 2. The Balaban J connectivity index is 2.09. The summed E-state index contributed by atoms with van der Waals surface area (Å²) in [5, 5.41) is 11.7. The van der Waals surface area contributed by atoms with E-state index in [1.165, 1.54) is 7.11 Å². The highest BCUT2D eigenvalue weighted by atomic mass is 16.5. The minimum absolute atomic E-state index is 0.000563. The smallest absolute Gasteiger partial charge is 0.407 e. The number of nitrogens with one attached hydrogen (secondary N) is 1. The highest BCUT2D eigenvalue weighted by molar-refractivity contribution is 5.71. The summed E-state index contributed by atoms with van der Waals surface area (Å²) < 4.78 is 4.56. The second-order valence-corrected chi connectivity index (χ2v) is 4.28. The first-order chi connectivity index (χ1) is 9.15. The number of ether oxygens (including phenoxy) is 1. The lowest BCUT2D eigenvalue weighted by atomic mass is 10.2. The molecule has 2 rings (SSSR count). The van der Waals surface area contributed by atoms with E-state index in [1.54, 1.807) is 12.3 Å². The predicted octanol–water partition coefficient (Wildman–Crippen LogP) is 0.470. The van der Waals surface area contributed by atoms with Crippen molar-refractivity contribution in [3.05, 3.63) is 17.8 Å². The number of nitrogen functional groups attached to an aromatic ring is 1. The van der Waals surface area contributed by atoms with Gasteiger partial charge in [0.1, 0.15) is 6.07 Å². The molecule has 1 aliphatic heterocycles. The average Bonchev–Trinajstić information content (AvgIpc) is 2.87. The molecule has 1 amide bonds. The van der Waals surface area contributed by atoms with Gasteiger partial charge in [0, 0.05) is 19.3 Å². The standard InChI is InChI=1S/C12H15N5O2/c1-19-12(18)16-9-3-5-17(7-9)11-10(14)8(6-13)2-4-15-11/h2,4,9H,3,5,7,14H2,1H3,(H,16,18). The first kappa shape index (κ1) is 13.0. The van der Waals surface area contributed by atoms with E-state index in [0.29, 0.717) is 23.6 Å². The predicted molar refractivity (Wildman–Crippen MR) is 69.5 cm³/mol. The van der Waals surface area contributed by atoms with Gasteiger partial charge >= 0.3 is 6.09 Å². The number of alkyl carbamates (subject to hydrolysis) is 1. The fourth-order valence-electron chi connectivity index (χ4n) is 2.11. The summed E-state index contributed by atoms with van der Waals surface area (Å²) in [6.07, 6.45) is 1.90. The number of carbonyl (C=O) groups is 1. The molecule has 7 nitrogen and oxygen atoms in total. The Labute approximate surface area is 111 Å². The zero-order valence-electron chi connectivity index (χ0n) is 10.6. The maximum atomic E-state index is 11.1. The van der Waals surface area contributed by atoms with Gasteiger partial charge in [0.2, 0.25) is 0 Å². The summed E-state index contributed by atoms with van der Waals surface area (Å²) in [6, 6.07) is 3.61. The number of rotatable bonds is 2. The molecule has 0 aromatic carbocycles. The van der Waals surface area contributed by atoms with Crippen molar-refractivity contribution < 1.29 is 9.53 Å². The van der Waals surface area contributed by atoms with Crippen LogP contribution in [0.1, 0.15) is 12.0 Å². The molecule has 2 heterocycles. The number of nitrogens with two attached hydrogens (primary N) is 1. The number of pyridine rings is 1. The number of aromatic nitrogens is 1. The van der Waals surface area contributed by atoms with Crippen molar-refractivity contribution in [1.82, 2.24) is 10.3 Å². The van der Waals surface area contributed by atoms with Crippen LogP contribution in [0.3, 0.4) is 0 Å². The average molecular weight is 261 g/mol. The lowest BCUT2D eigenvalue weighted by Gasteiger charge is -2.19. The number of nitriles is 1. The molecule has 1 atom stereocenters. The van der Waals surface area contributed by atoms with Gasteiger partial charge in [-0.3, -0.25) is 0 Å². The number of carbonyl (C=O) groups excluding carboxylic acids is 1. The summed E-state index contributed by atoms with van der Waals surface area (Å²) >= 11 is 0. The van der Waals surface area contributed by atoms with Crippen LogP contribution in [-0.2, 0) is 4.74 Å². The molecule has 1 unspecified atom stereocenters. The lowest BCUT2D eigenvalue weighted by Crippen LogP contribution is -2.37. The molecular formula is C12H15N5O2. The summed E-state index contributed by atoms with van der Waals surface area (Å²) in [7, 11) is 1.33. The maximum absolute atomic E-state index is 11.1. The van der Waals surface area contributed by atoms with E-state index in [1.807, 2.05) is 11.0 Å². The van der Waals surface area contributed by atoms with Crippen LogP contribution in [-0.4, -0.2) is 37.3 Å². The van der Waals surface area contributed by atoms with Crippen molar-refractivity contribution in [3.63, 3.8) is 0 Å². The largest absolute Gasteiger partial charge is 0.453 e. The van der Waals surface area contributed by atoms with Gasteiger partial charge < -0.3 is 20.7 Å². The molecule has 1 aromatic heterocycles. The SMILES string of the molecule is COC(=O)NC1CCN(c2nccc(C#N)c2N)C1. The lowest BCUT2D eigenvalue weighted by molar-refractivity contribution is 0.167. The van der Waals surface area contributed by atoms with E-state index in [0.717, 1.165) is 13.0 Å². The zero-order valence-corrected chi connectivity index (χ0v) is 10.6. The Hall–Kier alpha value is -2.49. The molecule has 1 aliphatic rings. The minimum atomic E-state index is -0.446. The minimum Gasteiger partial charge on any atom is -0.453 e. The second-order valence-electron chi connectivity index (χ2n) is 4.28. The van der Waals surface area contributed by atoms with Gasteiger partial charge in [-0.25, -0.2) is 9.78 Å². The van der Waals surface area contributed by atoms with E-state index in [9.17, 15) is 4.79 Å². The van der Waals surface area contributed by atoms with Crippen LogP contribution < -0.4 is 16.0 Å². The normalized spacial score (nSPS) is 17.9.